The van der Waals surface area contributed by atoms with E-state index in [9.17, 15) is 18.0 Å². The molecule has 182 valence electrons. The van der Waals surface area contributed by atoms with Crippen molar-refractivity contribution in [3.63, 3.8) is 0 Å². The van der Waals surface area contributed by atoms with Crippen molar-refractivity contribution in [1.82, 2.24) is 9.62 Å². The molecule has 4 rings (SSSR count). The van der Waals surface area contributed by atoms with E-state index in [2.05, 4.69) is 5.32 Å². The first-order chi connectivity index (χ1) is 16.6. The number of carbonyl (C=O) groups is 2. The number of rotatable bonds is 6. The maximum atomic E-state index is 13.7. The molecular formula is C27H29N3O4S. The van der Waals surface area contributed by atoms with Gasteiger partial charge in [-0.05, 0) is 50.1 Å². The zero-order chi connectivity index (χ0) is 25.2. The summed E-state index contributed by atoms with van der Waals surface area (Å²) in [7, 11) is -3.98. The zero-order valence-electron chi connectivity index (χ0n) is 20.1. The second-order valence-corrected chi connectivity index (χ2v) is 11.0. The SMILES string of the molecule is Cc1ccc(N2C(=O)CN(S(=O)(=O)c3ccccc3)C[C@@]2(C)C(=O)NCc2ccccc2)c(C)c1. The Morgan fingerprint density at radius 3 is 2.23 bits per heavy atom. The van der Waals surface area contributed by atoms with Crippen molar-refractivity contribution in [2.45, 2.75) is 37.8 Å². The van der Waals surface area contributed by atoms with E-state index in [0.717, 1.165) is 21.0 Å². The fourth-order valence-corrected chi connectivity index (χ4v) is 5.98. The first-order valence-corrected chi connectivity index (χ1v) is 12.8. The van der Waals surface area contributed by atoms with Crippen molar-refractivity contribution >= 4 is 27.5 Å². The molecule has 1 aliphatic rings. The molecule has 1 saturated heterocycles. The summed E-state index contributed by atoms with van der Waals surface area (Å²) in [4.78, 5) is 28.8. The van der Waals surface area contributed by atoms with Gasteiger partial charge in [0.2, 0.25) is 21.8 Å². The van der Waals surface area contributed by atoms with Gasteiger partial charge in [-0.25, -0.2) is 8.42 Å². The van der Waals surface area contributed by atoms with Gasteiger partial charge in [0.15, 0.2) is 0 Å². The highest BCUT2D eigenvalue weighted by Gasteiger charge is 2.51. The van der Waals surface area contributed by atoms with Crippen molar-refractivity contribution in [2.75, 3.05) is 18.0 Å². The van der Waals surface area contributed by atoms with Crippen LogP contribution in [0.1, 0.15) is 23.6 Å². The number of aryl methyl sites for hydroxylation is 2. The van der Waals surface area contributed by atoms with Gasteiger partial charge in [-0.2, -0.15) is 4.31 Å². The van der Waals surface area contributed by atoms with Crippen molar-refractivity contribution < 1.29 is 18.0 Å². The van der Waals surface area contributed by atoms with Crippen LogP contribution in [0.4, 0.5) is 5.69 Å². The topological polar surface area (TPSA) is 86.8 Å². The third-order valence-electron chi connectivity index (χ3n) is 6.30. The summed E-state index contributed by atoms with van der Waals surface area (Å²) in [5, 5.41) is 2.92. The van der Waals surface area contributed by atoms with Crippen LogP contribution in [-0.2, 0) is 26.2 Å². The molecule has 1 aliphatic heterocycles. The highest BCUT2D eigenvalue weighted by molar-refractivity contribution is 7.89. The standard InChI is InChI=1S/C27H29N3O4S/c1-20-14-15-24(21(2)16-20)30-25(31)18-29(35(33,34)23-12-8-5-9-13-23)19-27(30,3)26(32)28-17-22-10-6-4-7-11-22/h4-16H,17-19H2,1-3H3,(H,28,32)/t27-/m0/s1. The summed E-state index contributed by atoms with van der Waals surface area (Å²) in [6, 6.07) is 23.0. The van der Waals surface area contributed by atoms with Gasteiger partial charge >= 0.3 is 0 Å². The minimum absolute atomic E-state index is 0.0832. The molecular weight excluding hydrogens is 462 g/mol. The average molecular weight is 492 g/mol. The lowest BCUT2D eigenvalue weighted by atomic mass is 9.93. The van der Waals surface area contributed by atoms with E-state index in [1.54, 1.807) is 25.1 Å². The summed E-state index contributed by atoms with van der Waals surface area (Å²) in [5.74, 6) is -0.886. The average Bonchev–Trinajstić information content (AvgIpc) is 2.84. The van der Waals surface area contributed by atoms with Crippen molar-refractivity contribution in [2.24, 2.45) is 0 Å². The quantitative estimate of drug-likeness (QED) is 0.573. The lowest BCUT2D eigenvalue weighted by molar-refractivity contribution is -0.133. The van der Waals surface area contributed by atoms with Gasteiger partial charge in [-0.15, -0.1) is 0 Å². The number of carbonyl (C=O) groups excluding carboxylic acids is 2. The molecule has 1 atom stereocenters. The van der Waals surface area contributed by atoms with Crippen molar-refractivity contribution in [3.05, 3.63) is 95.6 Å². The first-order valence-electron chi connectivity index (χ1n) is 11.4. The van der Waals surface area contributed by atoms with Crippen LogP contribution < -0.4 is 10.2 Å². The molecule has 35 heavy (non-hydrogen) atoms. The summed E-state index contributed by atoms with van der Waals surface area (Å²) in [5.41, 5.74) is 1.89. The van der Waals surface area contributed by atoms with Gasteiger partial charge in [-0.1, -0.05) is 66.2 Å². The van der Waals surface area contributed by atoms with E-state index < -0.39 is 27.4 Å². The Bertz CT molecular complexity index is 1340. The van der Waals surface area contributed by atoms with Gasteiger partial charge in [0.25, 0.3) is 0 Å². The number of hydrogen-bond acceptors (Lipinski definition) is 4. The fraction of sp³-hybridized carbons (Fsp3) is 0.259. The summed E-state index contributed by atoms with van der Waals surface area (Å²) < 4.78 is 27.9. The monoisotopic (exact) mass is 491 g/mol. The predicted molar refractivity (Wildman–Crippen MR) is 135 cm³/mol. The molecule has 0 bridgehead atoms. The van der Waals surface area contributed by atoms with E-state index in [-0.39, 0.29) is 24.5 Å². The van der Waals surface area contributed by atoms with Crippen LogP contribution in [0.15, 0.2) is 83.8 Å². The van der Waals surface area contributed by atoms with Crippen LogP contribution in [0.25, 0.3) is 0 Å². The lowest BCUT2D eigenvalue weighted by Crippen LogP contribution is -2.70. The van der Waals surface area contributed by atoms with E-state index in [1.807, 2.05) is 62.4 Å². The maximum absolute atomic E-state index is 13.7. The van der Waals surface area contributed by atoms with Crippen LogP contribution in [0.5, 0.6) is 0 Å². The van der Waals surface area contributed by atoms with Crippen molar-refractivity contribution in [3.8, 4) is 0 Å². The zero-order valence-corrected chi connectivity index (χ0v) is 20.9. The Morgan fingerprint density at radius 2 is 1.60 bits per heavy atom. The molecule has 0 radical (unpaired) electrons. The molecule has 0 unspecified atom stereocenters. The number of piperazine rings is 1. The van der Waals surface area contributed by atoms with Gasteiger partial charge in [0.05, 0.1) is 11.4 Å². The summed E-state index contributed by atoms with van der Waals surface area (Å²) >= 11 is 0. The van der Waals surface area contributed by atoms with Crippen LogP contribution in [-0.4, -0.2) is 43.2 Å². The van der Waals surface area contributed by atoms with Crippen LogP contribution in [0.3, 0.4) is 0 Å². The van der Waals surface area contributed by atoms with Gasteiger partial charge < -0.3 is 5.32 Å². The molecule has 3 aromatic carbocycles. The smallest absolute Gasteiger partial charge is 0.247 e. The number of benzene rings is 3. The molecule has 0 aromatic heterocycles. The number of hydrogen-bond donors (Lipinski definition) is 1. The van der Waals surface area contributed by atoms with E-state index in [1.165, 1.54) is 17.0 Å². The fourth-order valence-electron chi connectivity index (χ4n) is 4.48. The van der Waals surface area contributed by atoms with Crippen LogP contribution in [0, 0.1) is 13.8 Å². The molecule has 0 aliphatic carbocycles. The highest BCUT2D eigenvalue weighted by Crippen LogP contribution is 2.34. The van der Waals surface area contributed by atoms with E-state index in [0.29, 0.717) is 5.69 Å². The number of anilines is 1. The van der Waals surface area contributed by atoms with Crippen molar-refractivity contribution in [1.29, 1.82) is 0 Å². The number of nitrogens with zero attached hydrogens (tertiary/aromatic N) is 2. The summed E-state index contributed by atoms with van der Waals surface area (Å²) in [6.45, 7) is 5.18. The molecule has 3 aromatic rings. The van der Waals surface area contributed by atoms with Crippen LogP contribution in [0.2, 0.25) is 0 Å². The molecule has 2 amide bonds. The number of nitrogens with one attached hydrogen (secondary N) is 1. The first kappa shape index (κ1) is 24.6. The maximum Gasteiger partial charge on any atom is 0.247 e. The second kappa shape index (κ2) is 9.64. The number of sulfonamides is 1. The molecule has 1 fully saturated rings. The molecule has 0 spiro atoms. The number of amides is 2. The Hall–Kier alpha value is -3.49. The normalized spacial score (nSPS) is 18.9. The molecule has 1 heterocycles. The van der Waals surface area contributed by atoms with Gasteiger partial charge in [-0.3, -0.25) is 14.5 Å². The predicted octanol–water partition coefficient (Wildman–Crippen LogP) is 3.42. The third kappa shape index (κ3) is 4.85. The van der Waals surface area contributed by atoms with Gasteiger partial charge in [0.1, 0.15) is 5.54 Å². The minimum atomic E-state index is -3.98. The highest BCUT2D eigenvalue weighted by atomic mass is 32.2. The molecule has 1 N–H and O–H groups in total. The molecule has 7 nitrogen and oxygen atoms in total. The Morgan fingerprint density at radius 1 is 0.971 bits per heavy atom. The largest absolute Gasteiger partial charge is 0.350 e. The Balaban J connectivity index is 1.74. The Kier molecular flexibility index (Phi) is 6.78. The second-order valence-electron chi connectivity index (χ2n) is 9.05. The summed E-state index contributed by atoms with van der Waals surface area (Å²) in [6.07, 6.45) is 0. The molecule has 8 heteroatoms. The van der Waals surface area contributed by atoms with E-state index in [4.69, 9.17) is 0 Å². The lowest BCUT2D eigenvalue weighted by Gasteiger charge is -2.47. The molecule has 0 saturated carbocycles. The van der Waals surface area contributed by atoms with E-state index >= 15 is 0 Å². The van der Waals surface area contributed by atoms with Gasteiger partial charge in [0, 0.05) is 18.8 Å². The van der Waals surface area contributed by atoms with Crippen LogP contribution >= 0.6 is 0 Å². The Labute approximate surface area is 206 Å². The third-order valence-corrected chi connectivity index (χ3v) is 8.10. The minimum Gasteiger partial charge on any atom is -0.350 e.